The molecule has 6 rings (SSSR count). The lowest BCUT2D eigenvalue weighted by Crippen LogP contribution is -1.95. The van der Waals surface area contributed by atoms with Gasteiger partial charge in [-0.05, 0) is 35.0 Å². The van der Waals surface area contributed by atoms with Crippen molar-refractivity contribution in [3.63, 3.8) is 0 Å². The van der Waals surface area contributed by atoms with Gasteiger partial charge in [0.15, 0.2) is 11.6 Å². The predicted molar refractivity (Wildman–Crippen MR) is 115 cm³/mol. The van der Waals surface area contributed by atoms with E-state index in [1.807, 2.05) is 48.5 Å². The SMILES string of the molecule is c1ccc2cc(-c3ncnc(-c4ccc5c(c4)oc4ccccc45)n3)ccc2c1. The highest BCUT2D eigenvalue weighted by atomic mass is 16.3. The summed E-state index contributed by atoms with van der Waals surface area (Å²) in [5.41, 5.74) is 3.58. The van der Waals surface area contributed by atoms with Crippen molar-refractivity contribution in [1.82, 2.24) is 15.0 Å². The molecule has 0 fully saturated rings. The monoisotopic (exact) mass is 373 g/mol. The van der Waals surface area contributed by atoms with Crippen molar-refractivity contribution in [2.24, 2.45) is 0 Å². The van der Waals surface area contributed by atoms with Crippen LogP contribution < -0.4 is 0 Å². The lowest BCUT2D eigenvalue weighted by atomic mass is 10.1. The minimum absolute atomic E-state index is 0.630. The molecule has 0 bridgehead atoms. The van der Waals surface area contributed by atoms with Crippen molar-refractivity contribution in [2.45, 2.75) is 0 Å². The molecule has 0 aliphatic carbocycles. The van der Waals surface area contributed by atoms with Crippen molar-refractivity contribution >= 4 is 32.7 Å². The molecule has 0 amide bonds. The number of rotatable bonds is 2. The quantitative estimate of drug-likeness (QED) is 0.359. The molecule has 6 aromatic rings. The summed E-state index contributed by atoms with van der Waals surface area (Å²) in [4.78, 5) is 13.5. The molecule has 0 saturated heterocycles. The van der Waals surface area contributed by atoms with Gasteiger partial charge in [-0.3, -0.25) is 0 Å². The van der Waals surface area contributed by atoms with E-state index in [9.17, 15) is 0 Å². The van der Waals surface area contributed by atoms with Crippen molar-refractivity contribution in [2.75, 3.05) is 0 Å². The first-order valence-electron chi connectivity index (χ1n) is 9.45. The Labute approximate surface area is 166 Å². The second-order valence-corrected chi connectivity index (χ2v) is 7.00. The molecule has 0 radical (unpaired) electrons. The molecule has 0 N–H and O–H groups in total. The first kappa shape index (κ1) is 16.0. The number of para-hydroxylation sites is 1. The average Bonchev–Trinajstić information content (AvgIpc) is 3.17. The van der Waals surface area contributed by atoms with Crippen molar-refractivity contribution in [3.05, 3.63) is 91.3 Å². The first-order valence-corrected chi connectivity index (χ1v) is 9.45. The van der Waals surface area contributed by atoms with E-state index in [4.69, 9.17) is 9.40 Å². The Morgan fingerprint density at radius 2 is 1.24 bits per heavy atom. The summed E-state index contributed by atoms with van der Waals surface area (Å²) in [5.74, 6) is 1.29. The minimum Gasteiger partial charge on any atom is -0.456 e. The fourth-order valence-electron chi connectivity index (χ4n) is 3.77. The Kier molecular flexibility index (Phi) is 3.43. The Hall–Kier alpha value is -4.05. The molecular weight excluding hydrogens is 358 g/mol. The average molecular weight is 373 g/mol. The number of furan rings is 1. The predicted octanol–water partition coefficient (Wildman–Crippen LogP) is 6.26. The maximum Gasteiger partial charge on any atom is 0.163 e. The molecule has 0 saturated carbocycles. The summed E-state index contributed by atoms with van der Waals surface area (Å²) in [6, 6.07) is 28.7. The number of fused-ring (bicyclic) bond motifs is 4. The number of hydrogen-bond acceptors (Lipinski definition) is 4. The highest BCUT2D eigenvalue weighted by molar-refractivity contribution is 6.05. The van der Waals surface area contributed by atoms with Crippen LogP contribution in [0.25, 0.3) is 55.5 Å². The van der Waals surface area contributed by atoms with E-state index in [1.165, 1.54) is 5.39 Å². The maximum atomic E-state index is 6.01. The van der Waals surface area contributed by atoms with Gasteiger partial charge in [0.25, 0.3) is 0 Å². The summed E-state index contributed by atoms with van der Waals surface area (Å²) in [7, 11) is 0. The van der Waals surface area contributed by atoms with Crippen molar-refractivity contribution in [1.29, 1.82) is 0 Å². The smallest absolute Gasteiger partial charge is 0.163 e. The largest absolute Gasteiger partial charge is 0.456 e. The van der Waals surface area contributed by atoms with E-state index in [0.717, 1.165) is 38.5 Å². The molecule has 0 unspecified atom stereocenters. The second kappa shape index (κ2) is 6.24. The van der Waals surface area contributed by atoms with Crippen LogP contribution in [0.5, 0.6) is 0 Å². The van der Waals surface area contributed by atoms with Gasteiger partial charge in [-0.25, -0.2) is 15.0 Å². The van der Waals surface area contributed by atoms with Gasteiger partial charge in [0.2, 0.25) is 0 Å². The number of hydrogen-bond donors (Lipinski definition) is 0. The second-order valence-electron chi connectivity index (χ2n) is 7.00. The molecule has 4 aromatic carbocycles. The normalized spacial score (nSPS) is 11.4. The van der Waals surface area contributed by atoms with Crippen LogP contribution in [0.3, 0.4) is 0 Å². The summed E-state index contributed by atoms with van der Waals surface area (Å²) in [6.07, 6.45) is 1.57. The van der Waals surface area contributed by atoms with Crippen LogP contribution in [0.4, 0.5) is 0 Å². The molecule has 136 valence electrons. The molecule has 0 aliphatic heterocycles. The molecule has 0 spiro atoms. The van der Waals surface area contributed by atoms with E-state index in [0.29, 0.717) is 11.6 Å². The van der Waals surface area contributed by atoms with Gasteiger partial charge in [-0.15, -0.1) is 0 Å². The fourth-order valence-corrected chi connectivity index (χ4v) is 3.77. The fraction of sp³-hybridized carbons (Fsp3) is 0. The third-order valence-corrected chi connectivity index (χ3v) is 5.22. The Balaban J connectivity index is 1.46. The highest BCUT2D eigenvalue weighted by Gasteiger charge is 2.11. The van der Waals surface area contributed by atoms with Crippen LogP contribution in [0.15, 0.2) is 95.7 Å². The van der Waals surface area contributed by atoms with Gasteiger partial charge in [-0.2, -0.15) is 0 Å². The van der Waals surface area contributed by atoms with Crippen molar-refractivity contribution < 1.29 is 4.42 Å². The van der Waals surface area contributed by atoms with Crippen LogP contribution in [0.2, 0.25) is 0 Å². The van der Waals surface area contributed by atoms with E-state index in [-0.39, 0.29) is 0 Å². The third-order valence-electron chi connectivity index (χ3n) is 5.22. The van der Waals surface area contributed by atoms with E-state index < -0.39 is 0 Å². The zero-order valence-electron chi connectivity index (χ0n) is 15.4. The van der Waals surface area contributed by atoms with Gasteiger partial charge in [0.1, 0.15) is 17.5 Å². The van der Waals surface area contributed by atoms with E-state index in [2.05, 4.69) is 46.4 Å². The van der Waals surface area contributed by atoms with Crippen LogP contribution in [0, 0.1) is 0 Å². The zero-order chi connectivity index (χ0) is 19.2. The van der Waals surface area contributed by atoms with Crippen molar-refractivity contribution in [3.8, 4) is 22.8 Å². The Morgan fingerprint density at radius 3 is 2.14 bits per heavy atom. The zero-order valence-corrected chi connectivity index (χ0v) is 15.4. The van der Waals surface area contributed by atoms with E-state index >= 15 is 0 Å². The van der Waals surface area contributed by atoms with Gasteiger partial charge in [0.05, 0.1) is 0 Å². The van der Waals surface area contributed by atoms with Gasteiger partial charge >= 0.3 is 0 Å². The molecule has 2 heterocycles. The van der Waals surface area contributed by atoms with Gasteiger partial charge < -0.3 is 4.42 Å². The summed E-state index contributed by atoms with van der Waals surface area (Å²) in [6.45, 7) is 0. The molecule has 0 atom stereocenters. The maximum absolute atomic E-state index is 6.01. The first-order chi connectivity index (χ1) is 14.3. The highest BCUT2D eigenvalue weighted by Crippen LogP contribution is 2.31. The molecule has 2 aromatic heterocycles. The number of aromatic nitrogens is 3. The van der Waals surface area contributed by atoms with Crippen LogP contribution in [-0.4, -0.2) is 15.0 Å². The summed E-state index contributed by atoms with van der Waals surface area (Å²) in [5, 5.41) is 4.56. The van der Waals surface area contributed by atoms with Gasteiger partial charge in [-0.1, -0.05) is 60.7 Å². The third kappa shape index (κ3) is 2.65. The lowest BCUT2D eigenvalue weighted by molar-refractivity contribution is 0.669. The molecule has 4 nitrogen and oxygen atoms in total. The van der Waals surface area contributed by atoms with E-state index in [1.54, 1.807) is 6.33 Å². The topological polar surface area (TPSA) is 51.8 Å². The Morgan fingerprint density at radius 1 is 0.552 bits per heavy atom. The summed E-state index contributed by atoms with van der Waals surface area (Å²) >= 11 is 0. The number of nitrogens with zero attached hydrogens (tertiary/aromatic N) is 3. The number of benzene rings is 4. The molecule has 29 heavy (non-hydrogen) atoms. The van der Waals surface area contributed by atoms with Crippen LogP contribution >= 0.6 is 0 Å². The standard InChI is InChI=1S/C25H15N3O/c1-2-6-17-13-18(10-9-16(17)5-1)24-26-15-27-25(28-24)19-11-12-21-20-7-3-4-8-22(20)29-23(21)14-19/h1-15H. The molecule has 4 heteroatoms. The lowest BCUT2D eigenvalue weighted by Gasteiger charge is -2.05. The molecular formula is C25H15N3O. The van der Waals surface area contributed by atoms with Gasteiger partial charge in [0, 0.05) is 21.9 Å². The van der Waals surface area contributed by atoms with Crippen LogP contribution in [-0.2, 0) is 0 Å². The minimum atomic E-state index is 0.630. The van der Waals surface area contributed by atoms with Crippen LogP contribution in [0.1, 0.15) is 0 Å². The Bertz CT molecular complexity index is 1520. The molecule has 0 aliphatic rings. The summed E-state index contributed by atoms with van der Waals surface area (Å²) < 4.78 is 6.01.